The predicted octanol–water partition coefficient (Wildman–Crippen LogP) is 3.18. The predicted molar refractivity (Wildman–Crippen MR) is 83.9 cm³/mol. The second kappa shape index (κ2) is 6.10. The number of carbonyl (C=O) groups is 1. The van der Waals surface area contributed by atoms with Crippen molar-refractivity contribution in [1.82, 2.24) is 9.88 Å². The summed E-state index contributed by atoms with van der Waals surface area (Å²) in [6, 6.07) is 3.77. The summed E-state index contributed by atoms with van der Waals surface area (Å²) in [6.45, 7) is 9.64. The highest BCUT2D eigenvalue weighted by Gasteiger charge is 2.30. The van der Waals surface area contributed by atoms with Crippen LogP contribution in [0.4, 0.5) is 10.6 Å². The number of rotatable bonds is 1. The lowest BCUT2D eigenvalue weighted by Gasteiger charge is -2.40. The maximum Gasteiger partial charge on any atom is 0.410 e. The van der Waals surface area contributed by atoms with Crippen LogP contribution in [0.25, 0.3) is 0 Å². The van der Waals surface area contributed by atoms with Gasteiger partial charge in [-0.3, -0.25) is 0 Å². The molecule has 0 N–H and O–H groups in total. The zero-order valence-corrected chi connectivity index (χ0v) is 13.7. The van der Waals surface area contributed by atoms with Crippen molar-refractivity contribution in [1.29, 1.82) is 0 Å². The summed E-state index contributed by atoms with van der Waals surface area (Å²) < 4.78 is 5.42. The van der Waals surface area contributed by atoms with Crippen LogP contribution in [-0.4, -0.2) is 47.3 Å². The third-order valence-electron chi connectivity index (χ3n) is 3.28. The minimum Gasteiger partial charge on any atom is -0.444 e. The van der Waals surface area contributed by atoms with Gasteiger partial charge in [-0.15, -0.1) is 0 Å². The van der Waals surface area contributed by atoms with Gasteiger partial charge in [0.1, 0.15) is 11.4 Å². The summed E-state index contributed by atoms with van der Waals surface area (Å²) in [5.41, 5.74) is -0.466. The van der Waals surface area contributed by atoms with E-state index in [1.807, 2.05) is 26.8 Å². The first-order valence-electron chi connectivity index (χ1n) is 7.12. The SMILES string of the molecule is C[C@H]1CN(C(=O)OC(C)(C)C)CCN1c1cc(Cl)ccn1. The van der Waals surface area contributed by atoms with Crippen molar-refractivity contribution in [2.75, 3.05) is 24.5 Å². The zero-order chi connectivity index (χ0) is 15.6. The topological polar surface area (TPSA) is 45.7 Å². The molecule has 116 valence electrons. The molecule has 1 aromatic rings. The number of carbonyl (C=O) groups excluding carboxylic acids is 1. The molecule has 2 heterocycles. The van der Waals surface area contributed by atoms with E-state index in [0.717, 1.165) is 5.82 Å². The Morgan fingerprint density at radius 2 is 2.14 bits per heavy atom. The molecule has 0 aromatic carbocycles. The molecular formula is C15H22ClN3O2. The third-order valence-corrected chi connectivity index (χ3v) is 3.52. The molecule has 1 aliphatic heterocycles. The number of hydrogen-bond donors (Lipinski definition) is 0. The number of nitrogens with zero attached hydrogens (tertiary/aromatic N) is 3. The molecule has 1 atom stereocenters. The number of piperazine rings is 1. The Kier molecular flexibility index (Phi) is 4.61. The molecule has 1 fully saturated rings. The first kappa shape index (κ1) is 15.9. The summed E-state index contributed by atoms with van der Waals surface area (Å²) in [7, 11) is 0. The average Bonchev–Trinajstić information content (AvgIpc) is 2.36. The highest BCUT2D eigenvalue weighted by molar-refractivity contribution is 6.30. The van der Waals surface area contributed by atoms with Crippen LogP contribution in [0, 0.1) is 0 Å². The number of hydrogen-bond acceptors (Lipinski definition) is 4. The molecule has 6 heteroatoms. The Morgan fingerprint density at radius 3 is 2.71 bits per heavy atom. The Balaban J connectivity index is 2.01. The van der Waals surface area contributed by atoms with E-state index >= 15 is 0 Å². The van der Waals surface area contributed by atoms with E-state index in [0.29, 0.717) is 24.7 Å². The summed E-state index contributed by atoms with van der Waals surface area (Å²) in [5, 5.41) is 0.668. The zero-order valence-electron chi connectivity index (χ0n) is 13.0. The highest BCUT2D eigenvalue weighted by atomic mass is 35.5. The van der Waals surface area contributed by atoms with Crippen LogP contribution in [-0.2, 0) is 4.74 Å². The number of amides is 1. The molecule has 1 aliphatic rings. The summed E-state index contributed by atoms with van der Waals surface area (Å²) in [4.78, 5) is 20.4. The van der Waals surface area contributed by atoms with Crippen molar-refractivity contribution in [2.45, 2.75) is 39.3 Å². The summed E-state index contributed by atoms with van der Waals surface area (Å²) in [6.07, 6.45) is 1.44. The molecule has 21 heavy (non-hydrogen) atoms. The number of ether oxygens (including phenoxy) is 1. The van der Waals surface area contributed by atoms with Crippen molar-refractivity contribution in [3.63, 3.8) is 0 Å². The van der Waals surface area contributed by atoms with Crippen molar-refractivity contribution in [3.8, 4) is 0 Å². The lowest BCUT2D eigenvalue weighted by Crippen LogP contribution is -2.54. The lowest BCUT2D eigenvalue weighted by molar-refractivity contribution is 0.0218. The number of anilines is 1. The minimum atomic E-state index is -0.466. The Bertz CT molecular complexity index is 516. The van der Waals surface area contributed by atoms with E-state index in [1.165, 1.54) is 0 Å². The number of pyridine rings is 1. The summed E-state index contributed by atoms with van der Waals surface area (Å²) in [5.74, 6) is 0.846. The van der Waals surface area contributed by atoms with Crippen LogP contribution in [0.1, 0.15) is 27.7 Å². The number of aromatic nitrogens is 1. The van der Waals surface area contributed by atoms with Gasteiger partial charge in [-0.05, 0) is 39.8 Å². The molecule has 0 radical (unpaired) electrons. The van der Waals surface area contributed by atoms with Crippen molar-refractivity contribution >= 4 is 23.5 Å². The molecule has 0 unspecified atom stereocenters. The quantitative estimate of drug-likeness (QED) is 0.799. The van der Waals surface area contributed by atoms with Gasteiger partial charge in [0.05, 0.1) is 0 Å². The second-order valence-electron chi connectivity index (χ2n) is 6.30. The van der Waals surface area contributed by atoms with Gasteiger partial charge in [-0.2, -0.15) is 0 Å². The van der Waals surface area contributed by atoms with E-state index in [9.17, 15) is 4.79 Å². The molecule has 0 bridgehead atoms. The maximum atomic E-state index is 12.1. The van der Waals surface area contributed by atoms with Crippen LogP contribution >= 0.6 is 11.6 Å². The Morgan fingerprint density at radius 1 is 1.43 bits per heavy atom. The van der Waals surface area contributed by atoms with Crippen LogP contribution in [0.2, 0.25) is 5.02 Å². The Labute approximate surface area is 130 Å². The lowest BCUT2D eigenvalue weighted by atomic mass is 10.2. The van der Waals surface area contributed by atoms with Gasteiger partial charge in [0, 0.05) is 36.9 Å². The summed E-state index contributed by atoms with van der Waals surface area (Å²) >= 11 is 6.01. The first-order chi connectivity index (χ1) is 9.76. The smallest absolute Gasteiger partial charge is 0.410 e. The normalized spacial score (nSPS) is 19.6. The van der Waals surface area contributed by atoms with Crippen LogP contribution in [0.3, 0.4) is 0 Å². The van der Waals surface area contributed by atoms with Crippen LogP contribution in [0.15, 0.2) is 18.3 Å². The number of halogens is 1. The van der Waals surface area contributed by atoms with Gasteiger partial charge >= 0.3 is 6.09 Å². The molecule has 1 aromatic heterocycles. The standard InChI is InChI=1S/C15H22ClN3O2/c1-11-10-18(14(20)21-15(2,3)4)7-8-19(11)13-9-12(16)5-6-17-13/h5-6,9,11H,7-8,10H2,1-4H3/t11-/m0/s1. The molecule has 0 spiro atoms. The van der Waals surface area contributed by atoms with Gasteiger partial charge in [0.2, 0.25) is 0 Å². The van der Waals surface area contributed by atoms with Crippen LogP contribution < -0.4 is 4.90 Å². The maximum absolute atomic E-state index is 12.1. The monoisotopic (exact) mass is 311 g/mol. The van der Waals surface area contributed by atoms with Gasteiger partial charge in [-0.1, -0.05) is 11.6 Å². The first-order valence-corrected chi connectivity index (χ1v) is 7.50. The van der Waals surface area contributed by atoms with Crippen molar-refractivity contribution in [3.05, 3.63) is 23.4 Å². The molecular weight excluding hydrogens is 290 g/mol. The molecule has 5 nitrogen and oxygen atoms in total. The van der Waals surface area contributed by atoms with Gasteiger partial charge in [-0.25, -0.2) is 9.78 Å². The highest BCUT2D eigenvalue weighted by Crippen LogP contribution is 2.22. The molecule has 2 rings (SSSR count). The molecule has 1 saturated heterocycles. The second-order valence-corrected chi connectivity index (χ2v) is 6.74. The average molecular weight is 312 g/mol. The van der Waals surface area contributed by atoms with E-state index in [2.05, 4.69) is 16.8 Å². The van der Waals surface area contributed by atoms with Crippen molar-refractivity contribution in [2.24, 2.45) is 0 Å². The molecule has 0 aliphatic carbocycles. The third kappa shape index (κ3) is 4.24. The van der Waals surface area contributed by atoms with E-state index in [1.54, 1.807) is 17.2 Å². The molecule has 1 amide bonds. The largest absolute Gasteiger partial charge is 0.444 e. The molecule has 0 saturated carbocycles. The van der Waals surface area contributed by atoms with E-state index < -0.39 is 5.60 Å². The van der Waals surface area contributed by atoms with Gasteiger partial charge in [0.15, 0.2) is 0 Å². The van der Waals surface area contributed by atoms with Gasteiger partial charge in [0.25, 0.3) is 0 Å². The van der Waals surface area contributed by atoms with Gasteiger partial charge < -0.3 is 14.5 Å². The Hall–Kier alpha value is -1.49. The minimum absolute atomic E-state index is 0.164. The van der Waals surface area contributed by atoms with E-state index in [4.69, 9.17) is 16.3 Å². The van der Waals surface area contributed by atoms with E-state index in [-0.39, 0.29) is 12.1 Å². The fraction of sp³-hybridized carbons (Fsp3) is 0.600. The van der Waals surface area contributed by atoms with Crippen LogP contribution in [0.5, 0.6) is 0 Å². The van der Waals surface area contributed by atoms with Crippen molar-refractivity contribution < 1.29 is 9.53 Å². The fourth-order valence-electron chi connectivity index (χ4n) is 2.34. The fourth-order valence-corrected chi connectivity index (χ4v) is 2.49.